The zero-order valence-corrected chi connectivity index (χ0v) is 19.6. The molecule has 2 aromatic rings. The fourth-order valence-corrected chi connectivity index (χ4v) is 10.2. The van der Waals surface area contributed by atoms with Crippen LogP contribution in [0.4, 0.5) is 4.39 Å². The van der Waals surface area contributed by atoms with Crippen LogP contribution in [0.15, 0.2) is 42.5 Å². The number of benzene rings is 2. The van der Waals surface area contributed by atoms with E-state index in [0.717, 1.165) is 28.5 Å². The van der Waals surface area contributed by atoms with E-state index < -0.39 is 8.80 Å². The quantitative estimate of drug-likeness (QED) is 0.418. The van der Waals surface area contributed by atoms with E-state index >= 15 is 0 Å². The maximum atomic E-state index is 13.8. The Bertz CT molecular complexity index is 787. The van der Waals surface area contributed by atoms with Gasteiger partial charge in [0.05, 0.1) is 5.02 Å². The molecule has 1 aliphatic heterocycles. The average Bonchev–Trinajstić information content (AvgIpc) is 2.77. The molecule has 0 nitrogen and oxygen atoms in total. The Kier molecular flexibility index (Phi) is 7.13. The maximum Gasteiger partial charge on any atom is 0.142 e. The lowest BCUT2D eigenvalue weighted by atomic mass is 9.86. The topological polar surface area (TPSA) is 0 Å². The Morgan fingerprint density at radius 2 is 1.55 bits per heavy atom. The van der Waals surface area contributed by atoms with Crippen LogP contribution < -0.4 is 0 Å². The fourth-order valence-electron chi connectivity index (χ4n) is 5.90. The normalized spacial score (nSPS) is 27.7. The zero-order valence-electron chi connectivity index (χ0n) is 17.7. The lowest BCUT2D eigenvalue weighted by Gasteiger charge is -2.37. The van der Waals surface area contributed by atoms with Gasteiger partial charge in [-0.2, -0.15) is 0 Å². The molecule has 0 bridgehead atoms. The Labute approximate surface area is 182 Å². The number of hydrogen-bond donors (Lipinski definition) is 0. The summed E-state index contributed by atoms with van der Waals surface area (Å²) in [6.45, 7) is 2.34. The van der Waals surface area contributed by atoms with Crippen molar-refractivity contribution < 1.29 is 4.39 Å². The smallest absolute Gasteiger partial charge is 0.142 e. The van der Waals surface area contributed by atoms with Crippen LogP contribution in [-0.4, -0.2) is 8.80 Å². The first-order valence-electron chi connectivity index (χ1n) is 11.7. The third kappa shape index (κ3) is 5.14. The Balaban J connectivity index is 1.31. The van der Waals surface area contributed by atoms with Crippen LogP contribution in [0.3, 0.4) is 0 Å². The van der Waals surface area contributed by atoms with Gasteiger partial charge in [0.25, 0.3) is 0 Å². The second kappa shape index (κ2) is 9.79. The molecule has 0 radical (unpaired) electrons. The molecule has 156 valence electrons. The summed E-state index contributed by atoms with van der Waals surface area (Å²) in [6, 6.07) is 17.0. The third-order valence-electron chi connectivity index (χ3n) is 7.66. The second-order valence-electron chi connectivity index (χ2n) is 9.43. The van der Waals surface area contributed by atoms with Crippen molar-refractivity contribution in [2.45, 2.75) is 81.8 Å². The van der Waals surface area contributed by atoms with Crippen molar-refractivity contribution in [3.63, 3.8) is 0 Å². The van der Waals surface area contributed by atoms with E-state index in [-0.39, 0.29) is 10.8 Å². The predicted octanol–water partition coefficient (Wildman–Crippen LogP) is 8.61. The summed E-state index contributed by atoms with van der Waals surface area (Å²) in [5.41, 5.74) is 4.57. The molecule has 1 aliphatic carbocycles. The monoisotopic (exact) mass is 428 g/mol. The molecule has 2 aliphatic rings. The van der Waals surface area contributed by atoms with Crippen LogP contribution in [0.1, 0.15) is 69.8 Å². The van der Waals surface area contributed by atoms with E-state index in [1.165, 1.54) is 62.2 Å². The largest absolute Gasteiger partial charge is 0.205 e. The van der Waals surface area contributed by atoms with Gasteiger partial charge in [0.1, 0.15) is 5.82 Å². The first kappa shape index (κ1) is 21.1. The molecule has 0 spiro atoms. The first-order chi connectivity index (χ1) is 14.1. The van der Waals surface area contributed by atoms with Crippen molar-refractivity contribution in [2.24, 2.45) is 5.92 Å². The first-order valence-corrected chi connectivity index (χ1v) is 14.4. The van der Waals surface area contributed by atoms with E-state index in [0.29, 0.717) is 0 Å². The molecule has 4 rings (SSSR count). The minimum absolute atomic E-state index is 0.185. The summed E-state index contributed by atoms with van der Waals surface area (Å²) in [6.07, 6.45) is 11.7. The highest BCUT2D eigenvalue weighted by Gasteiger charge is 2.31. The maximum absolute atomic E-state index is 13.8. The van der Waals surface area contributed by atoms with Crippen LogP contribution in [0, 0.1) is 11.7 Å². The number of halogens is 2. The van der Waals surface area contributed by atoms with Crippen molar-refractivity contribution in [1.82, 2.24) is 0 Å². The van der Waals surface area contributed by atoms with E-state index in [4.69, 9.17) is 11.6 Å². The molecule has 0 N–H and O–H groups in total. The summed E-state index contributed by atoms with van der Waals surface area (Å²) < 4.78 is 13.8. The summed E-state index contributed by atoms with van der Waals surface area (Å²) in [7, 11) is -0.540. The molecule has 29 heavy (non-hydrogen) atoms. The van der Waals surface area contributed by atoms with Crippen molar-refractivity contribution in [1.29, 1.82) is 0 Å². The van der Waals surface area contributed by atoms with Gasteiger partial charge < -0.3 is 0 Å². The molecule has 0 aromatic heterocycles. The molecule has 1 saturated carbocycles. The van der Waals surface area contributed by atoms with Crippen molar-refractivity contribution in [3.05, 3.63) is 58.9 Å². The standard InChI is InChI=1S/C26H34ClFSi/c1-2-3-19-4-11-24(12-5-19)29-16-14-22(15-17-29)20-6-8-21(9-7-20)23-10-13-25(27)26(28)18-23/h6-10,13,18-19,22,24,29H,2-5,11-12,14-17H2,1H3/t19?,22-,24?,29-. The van der Waals surface area contributed by atoms with Crippen LogP contribution in [0.25, 0.3) is 11.1 Å². The highest BCUT2D eigenvalue weighted by atomic mass is 35.5. The lowest BCUT2D eigenvalue weighted by molar-refractivity contribution is 0.332. The van der Waals surface area contributed by atoms with Gasteiger partial charge in [-0.05, 0) is 59.0 Å². The highest BCUT2D eigenvalue weighted by molar-refractivity contribution is 6.60. The molecule has 0 atom stereocenters. The molecule has 3 heteroatoms. The molecule has 1 heterocycles. The van der Waals surface area contributed by atoms with Gasteiger partial charge in [-0.25, -0.2) is 4.39 Å². The van der Waals surface area contributed by atoms with Gasteiger partial charge in [-0.3, -0.25) is 0 Å². The minimum Gasteiger partial charge on any atom is -0.205 e. The molecule has 2 aromatic carbocycles. The van der Waals surface area contributed by atoms with Gasteiger partial charge in [-0.15, -0.1) is 0 Å². The van der Waals surface area contributed by atoms with Gasteiger partial charge in [0, 0.05) is 8.80 Å². The van der Waals surface area contributed by atoms with Crippen LogP contribution in [0.2, 0.25) is 22.7 Å². The zero-order chi connectivity index (χ0) is 20.2. The second-order valence-corrected chi connectivity index (χ2v) is 13.5. The minimum atomic E-state index is -0.540. The van der Waals surface area contributed by atoms with E-state index in [9.17, 15) is 4.39 Å². The third-order valence-corrected chi connectivity index (χ3v) is 12.1. The van der Waals surface area contributed by atoms with Gasteiger partial charge >= 0.3 is 0 Å². The van der Waals surface area contributed by atoms with Crippen molar-refractivity contribution in [2.75, 3.05) is 0 Å². The Morgan fingerprint density at radius 1 is 0.897 bits per heavy atom. The van der Waals surface area contributed by atoms with Crippen LogP contribution >= 0.6 is 11.6 Å². The van der Waals surface area contributed by atoms with E-state index in [1.807, 2.05) is 6.07 Å². The van der Waals surface area contributed by atoms with Gasteiger partial charge in [0.2, 0.25) is 0 Å². The molecular weight excluding hydrogens is 395 g/mol. The average molecular weight is 429 g/mol. The summed E-state index contributed by atoms with van der Waals surface area (Å²) in [5, 5.41) is 0.185. The molecule has 1 saturated heterocycles. The van der Waals surface area contributed by atoms with Crippen molar-refractivity contribution >= 4 is 20.4 Å². The van der Waals surface area contributed by atoms with E-state index in [2.05, 4.69) is 31.2 Å². The Hall–Kier alpha value is -1.12. The molecular formula is C26H34ClFSi. The Morgan fingerprint density at radius 3 is 2.17 bits per heavy atom. The fraction of sp³-hybridized carbons (Fsp3) is 0.538. The predicted molar refractivity (Wildman–Crippen MR) is 126 cm³/mol. The van der Waals surface area contributed by atoms with Crippen LogP contribution in [-0.2, 0) is 0 Å². The molecule has 0 unspecified atom stereocenters. The lowest BCUT2D eigenvalue weighted by Crippen LogP contribution is -2.29. The van der Waals surface area contributed by atoms with Crippen molar-refractivity contribution in [3.8, 4) is 11.1 Å². The number of hydrogen-bond acceptors (Lipinski definition) is 0. The molecule has 2 fully saturated rings. The number of rotatable bonds is 5. The van der Waals surface area contributed by atoms with E-state index in [1.54, 1.807) is 18.9 Å². The SMILES string of the molecule is CCCC1CCC([Si@H]2CC[C@H](c3ccc(-c4ccc(Cl)c(F)c4)cc3)CC2)CC1. The summed E-state index contributed by atoms with van der Waals surface area (Å²) in [5.74, 6) is 1.42. The molecule has 0 amide bonds. The summed E-state index contributed by atoms with van der Waals surface area (Å²) in [4.78, 5) is 0. The van der Waals surface area contributed by atoms with Gasteiger partial charge in [0.15, 0.2) is 0 Å². The summed E-state index contributed by atoms with van der Waals surface area (Å²) >= 11 is 5.81. The van der Waals surface area contributed by atoms with Crippen LogP contribution in [0.5, 0.6) is 0 Å². The van der Waals surface area contributed by atoms with Gasteiger partial charge in [-0.1, -0.05) is 99.5 Å². The highest BCUT2D eigenvalue weighted by Crippen LogP contribution is 2.44.